The maximum absolute atomic E-state index is 12.6. The summed E-state index contributed by atoms with van der Waals surface area (Å²) in [6.07, 6.45) is 2.06. The fourth-order valence-corrected chi connectivity index (χ4v) is 3.27. The fraction of sp³-hybridized carbons (Fsp3) is 0.389. The summed E-state index contributed by atoms with van der Waals surface area (Å²) in [5, 5.41) is 3.82. The van der Waals surface area contributed by atoms with Crippen molar-refractivity contribution in [2.24, 2.45) is 5.92 Å². The summed E-state index contributed by atoms with van der Waals surface area (Å²) in [6, 6.07) is 11.0. The maximum atomic E-state index is 12.6. The minimum atomic E-state index is -0.0359. The molecule has 0 atom stereocenters. The summed E-state index contributed by atoms with van der Waals surface area (Å²) in [4.78, 5) is 14.5. The molecule has 24 heavy (non-hydrogen) atoms. The Labute approximate surface area is 153 Å². The van der Waals surface area contributed by atoms with Crippen molar-refractivity contribution in [2.45, 2.75) is 12.8 Å². The standard InChI is InChI=1S/C18H21ClN2O2.ClH/c1-20-12-13-8-10-21(11-9-13)18(22)17-7-6-16(23-17)14-4-2-3-5-15(14)19;/h2-7,13,20H,8-12H2,1H3;1H. The predicted octanol–water partition coefficient (Wildman–Crippen LogP) is 4.09. The van der Waals surface area contributed by atoms with Gasteiger partial charge in [-0.3, -0.25) is 4.79 Å². The Balaban J connectivity index is 0.00000208. The number of carbonyl (C=O) groups excluding carboxylic acids is 1. The molecule has 6 heteroatoms. The van der Waals surface area contributed by atoms with Crippen LogP contribution in [0.1, 0.15) is 23.4 Å². The minimum Gasteiger partial charge on any atom is -0.451 e. The molecule has 1 saturated heterocycles. The van der Waals surface area contributed by atoms with E-state index in [0.717, 1.165) is 38.0 Å². The van der Waals surface area contributed by atoms with E-state index in [9.17, 15) is 4.79 Å². The Morgan fingerprint density at radius 3 is 2.62 bits per heavy atom. The van der Waals surface area contributed by atoms with Gasteiger partial charge in [-0.05, 0) is 56.6 Å². The highest BCUT2D eigenvalue weighted by molar-refractivity contribution is 6.33. The average molecular weight is 369 g/mol. The largest absolute Gasteiger partial charge is 0.451 e. The van der Waals surface area contributed by atoms with Gasteiger partial charge in [0.25, 0.3) is 5.91 Å². The first-order chi connectivity index (χ1) is 11.2. The molecule has 1 aliphatic heterocycles. The van der Waals surface area contributed by atoms with Crippen LogP contribution in [0.3, 0.4) is 0 Å². The first-order valence-electron chi connectivity index (χ1n) is 7.97. The molecule has 1 aromatic carbocycles. The molecule has 0 aliphatic carbocycles. The van der Waals surface area contributed by atoms with Crippen LogP contribution in [0, 0.1) is 5.92 Å². The van der Waals surface area contributed by atoms with E-state index in [1.54, 1.807) is 6.07 Å². The van der Waals surface area contributed by atoms with Crippen LogP contribution in [0.5, 0.6) is 0 Å². The molecular weight excluding hydrogens is 347 g/mol. The Hall–Kier alpha value is -1.49. The van der Waals surface area contributed by atoms with Gasteiger partial charge in [0, 0.05) is 18.7 Å². The summed E-state index contributed by atoms with van der Waals surface area (Å²) in [7, 11) is 1.97. The highest BCUT2D eigenvalue weighted by Gasteiger charge is 2.25. The molecule has 0 saturated carbocycles. The van der Waals surface area contributed by atoms with Gasteiger partial charge in [0.05, 0.1) is 5.02 Å². The summed E-state index contributed by atoms with van der Waals surface area (Å²) in [6.45, 7) is 2.58. The van der Waals surface area contributed by atoms with E-state index in [-0.39, 0.29) is 18.3 Å². The van der Waals surface area contributed by atoms with Gasteiger partial charge in [0.2, 0.25) is 0 Å². The summed E-state index contributed by atoms with van der Waals surface area (Å²) in [5.74, 6) is 1.63. The second-order valence-corrected chi connectivity index (χ2v) is 6.34. The molecule has 1 N–H and O–H groups in total. The Morgan fingerprint density at radius 1 is 1.25 bits per heavy atom. The smallest absolute Gasteiger partial charge is 0.289 e. The zero-order valence-electron chi connectivity index (χ0n) is 13.6. The van der Waals surface area contributed by atoms with E-state index in [2.05, 4.69) is 5.32 Å². The van der Waals surface area contributed by atoms with Crippen molar-refractivity contribution < 1.29 is 9.21 Å². The Kier molecular flexibility index (Phi) is 6.72. The van der Waals surface area contributed by atoms with Crippen LogP contribution in [0.2, 0.25) is 5.02 Å². The first kappa shape index (κ1) is 18.8. The van der Waals surface area contributed by atoms with Crippen molar-refractivity contribution in [1.29, 1.82) is 0 Å². The van der Waals surface area contributed by atoms with E-state index in [1.807, 2.05) is 42.3 Å². The molecule has 130 valence electrons. The normalized spacial score (nSPS) is 15.2. The fourth-order valence-electron chi connectivity index (χ4n) is 3.04. The van der Waals surface area contributed by atoms with Crippen LogP contribution in [0.4, 0.5) is 0 Å². The number of halogens is 2. The zero-order chi connectivity index (χ0) is 16.2. The number of rotatable bonds is 4. The van der Waals surface area contributed by atoms with E-state index in [4.69, 9.17) is 16.0 Å². The molecule has 1 fully saturated rings. The number of amides is 1. The number of carbonyl (C=O) groups is 1. The lowest BCUT2D eigenvalue weighted by molar-refractivity contribution is 0.0660. The predicted molar refractivity (Wildman–Crippen MR) is 99.0 cm³/mol. The minimum absolute atomic E-state index is 0. The summed E-state index contributed by atoms with van der Waals surface area (Å²) >= 11 is 6.18. The van der Waals surface area contributed by atoms with Gasteiger partial charge in [-0.2, -0.15) is 0 Å². The third-order valence-corrected chi connectivity index (χ3v) is 4.68. The molecule has 1 aromatic heterocycles. The SMILES string of the molecule is CNCC1CCN(C(=O)c2ccc(-c3ccccc3Cl)o2)CC1.Cl. The molecule has 2 heterocycles. The van der Waals surface area contributed by atoms with E-state index >= 15 is 0 Å². The summed E-state index contributed by atoms with van der Waals surface area (Å²) in [5.41, 5.74) is 0.806. The number of nitrogens with one attached hydrogen (secondary N) is 1. The molecule has 4 nitrogen and oxygen atoms in total. The topological polar surface area (TPSA) is 45.5 Å². The van der Waals surface area contributed by atoms with Crippen LogP contribution in [0.25, 0.3) is 11.3 Å². The lowest BCUT2D eigenvalue weighted by Gasteiger charge is -2.31. The molecule has 2 aromatic rings. The maximum Gasteiger partial charge on any atom is 0.289 e. The van der Waals surface area contributed by atoms with Crippen molar-refractivity contribution in [3.8, 4) is 11.3 Å². The monoisotopic (exact) mass is 368 g/mol. The molecule has 1 aliphatic rings. The number of piperidine rings is 1. The second-order valence-electron chi connectivity index (χ2n) is 5.94. The average Bonchev–Trinajstić information content (AvgIpc) is 3.05. The molecule has 0 bridgehead atoms. The van der Waals surface area contributed by atoms with Gasteiger partial charge in [0.15, 0.2) is 5.76 Å². The quantitative estimate of drug-likeness (QED) is 0.883. The van der Waals surface area contributed by atoms with E-state index < -0.39 is 0 Å². The number of likely N-dealkylation sites (tertiary alicyclic amines) is 1. The first-order valence-corrected chi connectivity index (χ1v) is 8.35. The molecule has 0 spiro atoms. The van der Waals surface area contributed by atoms with Crippen molar-refractivity contribution in [1.82, 2.24) is 10.2 Å². The second kappa shape index (κ2) is 8.56. The van der Waals surface area contributed by atoms with Crippen LogP contribution in [-0.4, -0.2) is 37.5 Å². The molecule has 0 unspecified atom stereocenters. The van der Waals surface area contributed by atoms with E-state index in [1.165, 1.54) is 0 Å². The third-order valence-electron chi connectivity index (χ3n) is 4.35. The highest BCUT2D eigenvalue weighted by atomic mass is 35.5. The number of furan rings is 1. The van der Waals surface area contributed by atoms with Gasteiger partial charge < -0.3 is 14.6 Å². The van der Waals surface area contributed by atoms with Crippen molar-refractivity contribution >= 4 is 29.9 Å². The number of nitrogens with zero attached hydrogens (tertiary/aromatic N) is 1. The van der Waals surface area contributed by atoms with Crippen LogP contribution >= 0.6 is 24.0 Å². The van der Waals surface area contributed by atoms with E-state index in [0.29, 0.717) is 22.5 Å². The van der Waals surface area contributed by atoms with Crippen molar-refractivity contribution in [3.63, 3.8) is 0 Å². The van der Waals surface area contributed by atoms with Crippen LogP contribution < -0.4 is 5.32 Å². The molecular formula is C18H22Cl2N2O2. The van der Waals surface area contributed by atoms with Gasteiger partial charge in [-0.25, -0.2) is 0 Å². The van der Waals surface area contributed by atoms with Crippen LogP contribution in [0.15, 0.2) is 40.8 Å². The Bertz CT molecular complexity index is 679. The lowest BCUT2D eigenvalue weighted by atomic mass is 9.97. The molecule has 3 rings (SSSR count). The zero-order valence-corrected chi connectivity index (χ0v) is 15.2. The number of benzene rings is 1. The van der Waals surface area contributed by atoms with Gasteiger partial charge in [-0.1, -0.05) is 23.7 Å². The highest BCUT2D eigenvalue weighted by Crippen LogP contribution is 2.29. The Morgan fingerprint density at radius 2 is 1.96 bits per heavy atom. The number of hydrogen-bond donors (Lipinski definition) is 1. The molecule has 0 radical (unpaired) electrons. The molecule has 1 amide bonds. The van der Waals surface area contributed by atoms with Gasteiger partial charge in [-0.15, -0.1) is 12.4 Å². The summed E-state index contributed by atoms with van der Waals surface area (Å²) < 4.78 is 5.75. The van der Waals surface area contributed by atoms with Gasteiger partial charge in [0.1, 0.15) is 5.76 Å². The number of hydrogen-bond acceptors (Lipinski definition) is 3. The third kappa shape index (κ3) is 4.12. The van der Waals surface area contributed by atoms with Crippen molar-refractivity contribution in [3.05, 3.63) is 47.2 Å². The van der Waals surface area contributed by atoms with Gasteiger partial charge >= 0.3 is 0 Å². The van der Waals surface area contributed by atoms with Crippen LogP contribution in [-0.2, 0) is 0 Å². The van der Waals surface area contributed by atoms with Crippen molar-refractivity contribution in [2.75, 3.05) is 26.7 Å². The lowest BCUT2D eigenvalue weighted by Crippen LogP contribution is -2.40.